The average Bonchev–Trinajstić information content (AvgIpc) is 3.41. The first-order chi connectivity index (χ1) is 18.4. The van der Waals surface area contributed by atoms with Gasteiger partial charge in [-0.25, -0.2) is 8.78 Å². The number of aromatic nitrogens is 1. The summed E-state index contributed by atoms with van der Waals surface area (Å²) in [5.41, 5.74) is 3.43. The number of benzene rings is 4. The minimum Gasteiger partial charge on any atom is -0.357 e. The van der Waals surface area contributed by atoms with E-state index >= 15 is 0 Å². The minimum atomic E-state index is -1.47. The normalized spacial score (nSPS) is 16.7. The van der Waals surface area contributed by atoms with Crippen LogP contribution in [0.25, 0.3) is 10.9 Å². The molecule has 1 aliphatic heterocycles. The van der Waals surface area contributed by atoms with Crippen LogP contribution in [0.2, 0.25) is 5.02 Å². The third kappa shape index (κ3) is 3.80. The van der Waals surface area contributed by atoms with Gasteiger partial charge in [0.25, 0.3) is 5.91 Å². The number of anilines is 1. The summed E-state index contributed by atoms with van der Waals surface area (Å²) in [6.45, 7) is 2.11. The Kier molecular flexibility index (Phi) is 6.01. The van der Waals surface area contributed by atoms with Crippen molar-refractivity contribution >= 4 is 34.1 Å². The van der Waals surface area contributed by atoms with Gasteiger partial charge in [0.2, 0.25) is 5.60 Å². The fraction of sp³-hybridized carbons (Fsp3) is 0.129. The average molecular weight is 529 g/mol. The van der Waals surface area contributed by atoms with Crippen molar-refractivity contribution in [2.45, 2.75) is 18.4 Å². The maximum atomic E-state index is 14.0. The molecular weight excluding hydrogens is 506 g/mol. The quantitative estimate of drug-likeness (QED) is 0.239. The van der Waals surface area contributed by atoms with Gasteiger partial charge in [0.15, 0.2) is 0 Å². The number of para-hydroxylation sites is 1. The molecule has 0 saturated heterocycles. The van der Waals surface area contributed by atoms with Crippen molar-refractivity contribution in [1.29, 1.82) is 0 Å². The molecule has 1 unspecified atom stereocenters. The molecule has 5 aromatic rings. The number of amides is 1. The number of rotatable bonds is 6. The summed E-state index contributed by atoms with van der Waals surface area (Å²) in [5.74, 6) is -1.56. The summed E-state index contributed by atoms with van der Waals surface area (Å²) in [4.78, 5) is 17.4. The van der Waals surface area contributed by atoms with Gasteiger partial charge in [0.1, 0.15) is 11.6 Å². The highest BCUT2D eigenvalue weighted by molar-refractivity contribution is 6.31. The molecule has 0 aliphatic carbocycles. The highest BCUT2D eigenvalue weighted by Crippen LogP contribution is 2.50. The molecule has 2 heterocycles. The number of hydrogen-bond acceptors (Lipinski definition) is 2. The van der Waals surface area contributed by atoms with Crippen LogP contribution in [-0.4, -0.2) is 17.5 Å². The molecule has 2 N–H and O–H groups in total. The Morgan fingerprint density at radius 2 is 1.53 bits per heavy atom. The van der Waals surface area contributed by atoms with Crippen molar-refractivity contribution in [3.63, 3.8) is 0 Å². The van der Waals surface area contributed by atoms with Crippen LogP contribution < -0.4 is 5.32 Å². The number of hydrogen-bond donors (Lipinski definition) is 2. The zero-order valence-corrected chi connectivity index (χ0v) is 21.2. The predicted octanol–water partition coefficient (Wildman–Crippen LogP) is 7.51. The molecule has 0 radical (unpaired) electrons. The van der Waals surface area contributed by atoms with E-state index in [9.17, 15) is 13.6 Å². The maximum absolute atomic E-state index is 14.0. The van der Waals surface area contributed by atoms with E-state index in [1.165, 1.54) is 24.3 Å². The molecule has 0 saturated carbocycles. The molecule has 6 rings (SSSR count). The molecule has 4 nitrogen and oxygen atoms in total. The van der Waals surface area contributed by atoms with Gasteiger partial charge in [0, 0.05) is 51.0 Å². The van der Waals surface area contributed by atoms with Crippen LogP contribution in [0.15, 0.2) is 91.0 Å². The van der Waals surface area contributed by atoms with E-state index in [-0.39, 0.29) is 24.1 Å². The van der Waals surface area contributed by atoms with Crippen molar-refractivity contribution in [2.75, 3.05) is 11.9 Å². The lowest BCUT2D eigenvalue weighted by molar-refractivity contribution is -0.135. The number of H-pyrrole nitrogens is 1. The highest BCUT2D eigenvalue weighted by atomic mass is 35.5. The van der Waals surface area contributed by atoms with Gasteiger partial charge in [-0.3, -0.25) is 4.79 Å². The van der Waals surface area contributed by atoms with E-state index < -0.39 is 11.5 Å². The monoisotopic (exact) mass is 528 g/mol. The van der Waals surface area contributed by atoms with Crippen LogP contribution in [-0.2, 0) is 15.1 Å². The topological polar surface area (TPSA) is 54.1 Å². The molecule has 1 aromatic heterocycles. The molecule has 4 aromatic carbocycles. The Hall–Kier alpha value is -4.00. The first kappa shape index (κ1) is 24.3. The molecule has 38 heavy (non-hydrogen) atoms. The van der Waals surface area contributed by atoms with Gasteiger partial charge >= 0.3 is 0 Å². The van der Waals surface area contributed by atoms with Crippen molar-refractivity contribution < 1.29 is 18.3 Å². The minimum absolute atomic E-state index is 0.263. The number of halogens is 3. The van der Waals surface area contributed by atoms with E-state index in [2.05, 4.69) is 10.3 Å². The summed E-state index contributed by atoms with van der Waals surface area (Å²) >= 11 is 6.38. The number of carbonyl (C=O) groups is 1. The van der Waals surface area contributed by atoms with E-state index in [1.807, 2.05) is 37.3 Å². The molecular formula is C31H23ClF2N2O2. The molecule has 0 spiro atoms. The number of fused-ring (bicyclic) bond motifs is 2. The van der Waals surface area contributed by atoms with Gasteiger partial charge in [-0.1, -0.05) is 60.1 Å². The van der Waals surface area contributed by atoms with Crippen LogP contribution in [0.5, 0.6) is 0 Å². The second kappa shape index (κ2) is 9.39. The molecule has 1 atom stereocenters. The largest absolute Gasteiger partial charge is 0.357 e. The molecule has 7 heteroatoms. The highest BCUT2D eigenvalue weighted by Gasteiger charge is 2.52. The van der Waals surface area contributed by atoms with Gasteiger partial charge in [-0.2, -0.15) is 0 Å². The number of carbonyl (C=O) groups excluding carboxylic acids is 1. The molecule has 0 bridgehead atoms. The Bertz CT molecular complexity index is 1620. The summed E-state index contributed by atoms with van der Waals surface area (Å²) in [5, 5.41) is 4.28. The second-order valence-corrected chi connectivity index (χ2v) is 9.69. The Labute approximate surface area is 223 Å². The number of aromatic amines is 1. The lowest BCUT2D eigenvalue weighted by Gasteiger charge is -2.31. The summed E-state index contributed by atoms with van der Waals surface area (Å²) in [6, 6.07) is 25.2. The van der Waals surface area contributed by atoms with Gasteiger partial charge in [0.05, 0.1) is 0 Å². The van der Waals surface area contributed by atoms with E-state index in [0.29, 0.717) is 33.0 Å². The third-order valence-electron chi connectivity index (χ3n) is 7.07. The fourth-order valence-corrected chi connectivity index (χ4v) is 5.71. The lowest BCUT2D eigenvalue weighted by atomic mass is 9.79. The lowest BCUT2D eigenvalue weighted by Crippen LogP contribution is -2.39. The van der Waals surface area contributed by atoms with Crippen LogP contribution in [0, 0.1) is 11.6 Å². The van der Waals surface area contributed by atoms with Crippen LogP contribution in [0.4, 0.5) is 14.5 Å². The van der Waals surface area contributed by atoms with Crippen molar-refractivity contribution in [3.05, 3.63) is 136 Å². The first-order valence-electron chi connectivity index (χ1n) is 12.3. The van der Waals surface area contributed by atoms with E-state index in [4.69, 9.17) is 16.3 Å². The standard InChI is InChI=1S/C31H23ClF2N2O2/c1-2-38-31(24-5-3-4-6-25(24)36-30(31)37)28-23-16-11-20(32)17-26(23)35-29(28)27(18-7-12-21(33)13-8-18)19-9-14-22(34)15-10-19/h3-17,27,35H,2H2,1H3,(H,36,37). The summed E-state index contributed by atoms with van der Waals surface area (Å²) in [6.07, 6.45) is 0. The zero-order chi connectivity index (χ0) is 26.4. The van der Waals surface area contributed by atoms with Crippen molar-refractivity contribution in [1.82, 2.24) is 4.98 Å². The van der Waals surface area contributed by atoms with Crippen molar-refractivity contribution in [3.8, 4) is 0 Å². The summed E-state index contributed by atoms with van der Waals surface area (Å²) in [7, 11) is 0. The zero-order valence-electron chi connectivity index (χ0n) is 20.4. The maximum Gasteiger partial charge on any atom is 0.266 e. The molecule has 190 valence electrons. The Balaban J connectivity index is 1.72. The van der Waals surface area contributed by atoms with E-state index in [1.54, 1.807) is 36.4 Å². The van der Waals surface area contributed by atoms with Crippen LogP contribution >= 0.6 is 11.6 Å². The summed E-state index contributed by atoms with van der Waals surface area (Å²) < 4.78 is 34.4. The number of ether oxygens (including phenoxy) is 1. The SMILES string of the molecule is CCOC1(c2c(C(c3ccc(F)cc3)c3ccc(F)cc3)[nH]c3cc(Cl)ccc23)C(=O)Nc2ccccc21. The van der Waals surface area contributed by atoms with E-state index in [0.717, 1.165) is 16.5 Å². The number of nitrogens with one attached hydrogen (secondary N) is 2. The van der Waals surface area contributed by atoms with Crippen molar-refractivity contribution in [2.24, 2.45) is 0 Å². The molecule has 1 amide bonds. The molecule has 1 aliphatic rings. The Morgan fingerprint density at radius 3 is 2.16 bits per heavy atom. The van der Waals surface area contributed by atoms with Gasteiger partial charge in [-0.15, -0.1) is 0 Å². The van der Waals surface area contributed by atoms with Crippen LogP contribution in [0.3, 0.4) is 0 Å². The third-order valence-corrected chi connectivity index (χ3v) is 7.31. The predicted molar refractivity (Wildman–Crippen MR) is 145 cm³/mol. The Morgan fingerprint density at radius 1 is 0.895 bits per heavy atom. The van der Waals surface area contributed by atoms with Crippen LogP contribution in [0.1, 0.15) is 40.8 Å². The van der Waals surface area contributed by atoms with Gasteiger partial charge < -0.3 is 15.0 Å². The van der Waals surface area contributed by atoms with Gasteiger partial charge in [-0.05, 0) is 60.5 Å². The second-order valence-electron chi connectivity index (χ2n) is 9.25. The smallest absolute Gasteiger partial charge is 0.266 e. The first-order valence-corrected chi connectivity index (χ1v) is 12.7. The fourth-order valence-electron chi connectivity index (χ4n) is 5.53. The molecule has 0 fully saturated rings.